The van der Waals surface area contributed by atoms with E-state index in [1.54, 1.807) is 6.07 Å². The van der Waals surface area contributed by atoms with Gasteiger partial charge in [-0.2, -0.15) is 0 Å². The molecule has 1 aliphatic carbocycles. The van der Waals surface area contributed by atoms with E-state index >= 15 is 0 Å². The zero-order valence-corrected chi connectivity index (χ0v) is 17.9. The molecule has 29 heavy (non-hydrogen) atoms. The minimum Gasteiger partial charge on any atom is -0.358 e. The number of carbonyl (C=O) groups is 1. The second kappa shape index (κ2) is 6.62. The van der Waals surface area contributed by atoms with Gasteiger partial charge in [0.1, 0.15) is 0 Å². The molecule has 4 heteroatoms. The molecule has 0 amide bonds. The summed E-state index contributed by atoms with van der Waals surface area (Å²) in [5.74, 6) is -0.0148. The molecule has 1 unspecified atom stereocenters. The van der Waals surface area contributed by atoms with E-state index in [0.29, 0.717) is 16.5 Å². The fourth-order valence-electron chi connectivity index (χ4n) is 4.85. The molecule has 1 aliphatic heterocycles. The number of halogens is 2. The fourth-order valence-corrected chi connectivity index (χ4v) is 5.37. The van der Waals surface area contributed by atoms with Gasteiger partial charge in [0.25, 0.3) is 0 Å². The molecule has 3 aromatic rings. The number of benzene rings is 3. The molecule has 3 aromatic carbocycles. The maximum atomic E-state index is 13.4. The number of Topliss-reactive ketones (excluding diaryl/α,β-unsaturated/α-hetero) is 1. The van der Waals surface area contributed by atoms with Crippen molar-refractivity contribution < 1.29 is 4.79 Å². The van der Waals surface area contributed by atoms with Crippen molar-refractivity contribution in [3.63, 3.8) is 0 Å². The van der Waals surface area contributed by atoms with Crippen molar-refractivity contribution in [2.45, 2.75) is 32.6 Å². The van der Waals surface area contributed by atoms with Crippen molar-refractivity contribution in [1.29, 1.82) is 0 Å². The molecule has 5 rings (SSSR count). The highest BCUT2D eigenvalue weighted by molar-refractivity contribution is 6.35. The number of fused-ring (bicyclic) bond motifs is 3. The second-order valence-corrected chi connectivity index (χ2v) is 9.65. The van der Waals surface area contributed by atoms with Gasteiger partial charge in [0.15, 0.2) is 5.78 Å². The summed E-state index contributed by atoms with van der Waals surface area (Å²) >= 11 is 12.9. The maximum absolute atomic E-state index is 13.4. The summed E-state index contributed by atoms with van der Waals surface area (Å²) in [7, 11) is 0. The van der Waals surface area contributed by atoms with Gasteiger partial charge >= 0.3 is 0 Å². The number of hydrogen-bond acceptors (Lipinski definition) is 2. The molecule has 0 fully saturated rings. The molecule has 0 radical (unpaired) electrons. The van der Waals surface area contributed by atoms with Crippen LogP contribution in [0.4, 0.5) is 5.69 Å². The third-order valence-electron chi connectivity index (χ3n) is 6.03. The molecular weight excluding hydrogens is 401 g/mol. The van der Waals surface area contributed by atoms with E-state index in [0.717, 1.165) is 45.3 Å². The van der Waals surface area contributed by atoms with Crippen molar-refractivity contribution in [2.24, 2.45) is 5.41 Å². The Morgan fingerprint density at radius 3 is 2.59 bits per heavy atom. The summed E-state index contributed by atoms with van der Waals surface area (Å²) < 4.78 is 0. The molecule has 0 bridgehead atoms. The summed E-state index contributed by atoms with van der Waals surface area (Å²) in [6, 6.07) is 18.1. The molecule has 0 spiro atoms. The summed E-state index contributed by atoms with van der Waals surface area (Å²) in [6.07, 6.45) is 1.37. The Morgan fingerprint density at radius 2 is 1.79 bits per heavy atom. The van der Waals surface area contributed by atoms with Crippen LogP contribution in [-0.2, 0) is 4.79 Å². The quantitative estimate of drug-likeness (QED) is 0.444. The van der Waals surface area contributed by atoms with E-state index in [-0.39, 0.29) is 17.1 Å². The van der Waals surface area contributed by atoms with E-state index in [2.05, 4.69) is 43.4 Å². The zero-order chi connectivity index (χ0) is 20.3. The molecule has 0 saturated heterocycles. The van der Waals surface area contributed by atoms with Crippen LogP contribution in [-0.4, -0.2) is 5.78 Å². The maximum Gasteiger partial charge on any atom is 0.162 e. The molecule has 0 aromatic heterocycles. The minimum atomic E-state index is -0.208. The predicted octanol–water partition coefficient (Wildman–Crippen LogP) is 7.35. The van der Waals surface area contributed by atoms with Crippen LogP contribution >= 0.6 is 23.2 Å². The Morgan fingerprint density at radius 1 is 1.00 bits per heavy atom. The third kappa shape index (κ3) is 3.06. The van der Waals surface area contributed by atoms with Crippen molar-refractivity contribution >= 4 is 45.4 Å². The summed E-state index contributed by atoms with van der Waals surface area (Å²) in [5.41, 5.74) is 4.88. The lowest BCUT2D eigenvalue weighted by Crippen LogP contribution is -2.34. The number of nitrogens with one attached hydrogen (secondary N) is 1. The number of carbonyl (C=O) groups excluding carboxylic acids is 1. The van der Waals surface area contributed by atoms with Crippen LogP contribution in [0, 0.1) is 5.41 Å². The molecule has 146 valence electrons. The Hall–Kier alpha value is -2.29. The lowest BCUT2D eigenvalue weighted by atomic mass is 9.68. The van der Waals surface area contributed by atoms with Crippen LogP contribution < -0.4 is 5.32 Å². The van der Waals surface area contributed by atoms with Crippen LogP contribution in [0.25, 0.3) is 10.8 Å². The highest BCUT2D eigenvalue weighted by Gasteiger charge is 2.41. The van der Waals surface area contributed by atoms with Gasteiger partial charge in [-0.05, 0) is 51.9 Å². The number of allylic oxidation sites excluding steroid dienone is 2. The monoisotopic (exact) mass is 421 g/mol. The minimum absolute atomic E-state index is 0.0639. The number of rotatable bonds is 1. The van der Waals surface area contributed by atoms with Crippen molar-refractivity contribution in [3.05, 3.63) is 87.0 Å². The smallest absolute Gasteiger partial charge is 0.162 e. The topological polar surface area (TPSA) is 29.1 Å². The Balaban J connectivity index is 1.84. The van der Waals surface area contributed by atoms with Gasteiger partial charge in [-0.25, -0.2) is 0 Å². The molecular formula is C25H21Cl2NO. The molecule has 1 atom stereocenters. The summed E-state index contributed by atoms with van der Waals surface area (Å²) in [5, 5.41) is 7.07. The third-order valence-corrected chi connectivity index (χ3v) is 6.59. The van der Waals surface area contributed by atoms with Gasteiger partial charge in [0.2, 0.25) is 0 Å². The number of hydrogen-bond donors (Lipinski definition) is 1. The molecule has 1 N–H and O–H groups in total. The van der Waals surface area contributed by atoms with Crippen molar-refractivity contribution in [1.82, 2.24) is 0 Å². The van der Waals surface area contributed by atoms with Gasteiger partial charge in [0, 0.05) is 39.3 Å². The first-order chi connectivity index (χ1) is 13.8. The van der Waals surface area contributed by atoms with E-state index in [1.807, 2.05) is 24.3 Å². The first kappa shape index (κ1) is 18.7. The Kier molecular flexibility index (Phi) is 4.27. The Labute approximate surface area is 180 Å². The average molecular weight is 422 g/mol. The largest absolute Gasteiger partial charge is 0.358 e. The summed E-state index contributed by atoms with van der Waals surface area (Å²) in [4.78, 5) is 13.4. The predicted molar refractivity (Wildman–Crippen MR) is 121 cm³/mol. The van der Waals surface area contributed by atoms with Gasteiger partial charge < -0.3 is 5.32 Å². The molecule has 2 nitrogen and oxygen atoms in total. The van der Waals surface area contributed by atoms with Gasteiger partial charge in [-0.15, -0.1) is 0 Å². The molecule has 0 saturated carbocycles. The first-order valence-electron chi connectivity index (χ1n) is 9.84. The molecule has 1 heterocycles. The fraction of sp³-hybridized carbons (Fsp3) is 0.240. The van der Waals surface area contributed by atoms with Crippen LogP contribution in [0.1, 0.15) is 43.7 Å². The normalized spacial score (nSPS) is 20.3. The van der Waals surface area contributed by atoms with Crippen LogP contribution in [0.15, 0.2) is 65.9 Å². The van der Waals surface area contributed by atoms with Gasteiger partial charge in [-0.1, -0.05) is 73.4 Å². The summed E-state index contributed by atoms with van der Waals surface area (Å²) in [6.45, 7) is 4.30. The lowest BCUT2D eigenvalue weighted by molar-refractivity contribution is -0.118. The molecule has 2 aliphatic rings. The van der Waals surface area contributed by atoms with E-state index in [4.69, 9.17) is 23.2 Å². The van der Waals surface area contributed by atoms with Crippen LogP contribution in [0.5, 0.6) is 0 Å². The Bertz CT molecular complexity index is 1210. The highest BCUT2D eigenvalue weighted by Crippen LogP contribution is 2.52. The van der Waals surface area contributed by atoms with E-state index < -0.39 is 0 Å². The van der Waals surface area contributed by atoms with Crippen LogP contribution in [0.3, 0.4) is 0 Å². The number of anilines is 1. The van der Waals surface area contributed by atoms with Gasteiger partial charge in [0.05, 0.1) is 0 Å². The van der Waals surface area contributed by atoms with Gasteiger partial charge in [-0.3, -0.25) is 4.79 Å². The SMILES string of the molecule is CC1(C)CC(=O)C2=C(C1)Nc1ccc3ccccc3c1C2c1ccc(Cl)cc1Cl. The average Bonchev–Trinajstić information content (AvgIpc) is 2.65. The van der Waals surface area contributed by atoms with Crippen molar-refractivity contribution in [3.8, 4) is 0 Å². The van der Waals surface area contributed by atoms with E-state index in [9.17, 15) is 4.79 Å². The van der Waals surface area contributed by atoms with Crippen molar-refractivity contribution in [2.75, 3.05) is 5.32 Å². The lowest BCUT2D eigenvalue weighted by Gasteiger charge is -2.40. The zero-order valence-electron chi connectivity index (χ0n) is 16.4. The number of ketones is 1. The van der Waals surface area contributed by atoms with E-state index in [1.165, 1.54) is 0 Å². The second-order valence-electron chi connectivity index (χ2n) is 8.80. The highest BCUT2D eigenvalue weighted by atomic mass is 35.5. The first-order valence-corrected chi connectivity index (χ1v) is 10.6. The van der Waals surface area contributed by atoms with Crippen LogP contribution in [0.2, 0.25) is 10.0 Å². The standard InChI is InChI=1S/C25H21Cl2NO/c1-25(2)12-20-24(21(29)13-25)23(17-9-8-15(26)11-18(17)27)22-16-6-4-3-5-14(16)7-10-19(22)28-20/h3-11,23,28H,12-13H2,1-2H3.